The summed E-state index contributed by atoms with van der Waals surface area (Å²) in [5.74, 6) is 0. The van der Waals surface area contributed by atoms with E-state index in [-0.39, 0.29) is 0 Å². The van der Waals surface area contributed by atoms with Crippen LogP contribution in [0.15, 0.2) is 218 Å². The van der Waals surface area contributed by atoms with Crippen molar-refractivity contribution in [2.45, 2.75) is 0 Å². The summed E-state index contributed by atoms with van der Waals surface area (Å²) in [5.41, 5.74) is 13.6. The number of nitrogens with zero attached hydrogens (tertiary/aromatic N) is 2. The van der Waals surface area contributed by atoms with Gasteiger partial charge < -0.3 is 4.57 Å². The van der Waals surface area contributed by atoms with Gasteiger partial charge in [-0.1, -0.05) is 170 Å². The second-order valence-corrected chi connectivity index (χ2v) is 15.9. The Morgan fingerprint density at radius 1 is 0.311 bits per heavy atom. The summed E-state index contributed by atoms with van der Waals surface area (Å²) in [6, 6.07) is 81.4. The summed E-state index contributed by atoms with van der Waals surface area (Å²) in [6.45, 7) is 0. The van der Waals surface area contributed by atoms with Gasteiger partial charge in [0, 0.05) is 16.5 Å². The highest BCUT2D eigenvalue weighted by Gasteiger charge is 2.20. The van der Waals surface area contributed by atoms with Crippen LogP contribution in [-0.4, -0.2) is 4.57 Å². The van der Waals surface area contributed by atoms with Gasteiger partial charge in [0.05, 0.1) is 22.7 Å². The normalized spacial score (nSPS) is 11.6. The molecule has 12 aromatic rings. The van der Waals surface area contributed by atoms with E-state index in [2.05, 4.69) is 211 Å². The van der Waals surface area contributed by atoms with Crippen molar-refractivity contribution in [3.05, 3.63) is 224 Å². The molecule has 0 saturated heterocycles. The van der Waals surface area contributed by atoms with Crippen LogP contribution in [0, 0.1) is 11.3 Å². The molecule has 11 aromatic carbocycles. The molecule has 0 radical (unpaired) electrons. The first-order chi connectivity index (χ1) is 30.2. The maximum Gasteiger partial charge on any atom is 0.0991 e. The van der Waals surface area contributed by atoms with Gasteiger partial charge in [-0.3, -0.25) is 0 Å². The van der Waals surface area contributed by atoms with Gasteiger partial charge in [-0.05, 0) is 136 Å². The minimum atomic E-state index is 0.658. The molecule has 0 spiro atoms. The standard InChI is InChI=1S/C59H36N2/c60-37-38-24-32-56-53(34-38)54-35-44(30-33-57(54)61(56)45-16-2-1-3-17-45)40-27-25-39(26-28-40)43-29-31-52-55(36-43)59(49-23-11-15-42-13-5-7-19-47(42)49)51-21-9-8-20-50(51)58(52)48-22-10-14-41-12-4-6-18-46(41)48/h1-36H. The van der Waals surface area contributed by atoms with E-state index in [1.54, 1.807) is 0 Å². The Morgan fingerprint density at radius 2 is 0.754 bits per heavy atom. The lowest BCUT2D eigenvalue weighted by molar-refractivity contribution is 1.18. The fourth-order valence-electron chi connectivity index (χ4n) is 9.81. The molecule has 0 unspecified atom stereocenters. The highest BCUT2D eigenvalue weighted by molar-refractivity contribution is 6.25. The summed E-state index contributed by atoms with van der Waals surface area (Å²) in [7, 11) is 0. The van der Waals surface area contributed by atoms with Crippen LogP contribution in [0.25, 0.3) is 115 Å². The zero-order chi connectivity index (χ0) is 40.4. The summed E-state index contributed by atoms with van der Waals surface area (Å²) in [5, 5.41) is 21.9. The van der Waals surface area contributed by atoms with Gasteiger partial charge in [0.1, 0.15) is 0 Å². The topological polar surface area (TPSA) is 28.7 Å². The van der Waals surface area contributed by atoms with Crippen LogP contribution in [-0.2, 0) is 0 Å². The van der Waals surface area contributed by atoms with Crippen LogP contribution in [0.5, 0.6) is 0 Å². The molecule has 0 N–H and O–H groups in total. The molecule has 0 aliphatic carbocycles. The molecule has 12 rings (SSSR count). The molecule has 0 atom stereocenters. The van der Waals surface area contributed by atoms with Crippen LogP contribution in [0.3, 0.4) is 0 Å². The van der Waals surface area contributed by atoms with Gasteiger partial charge >= 0.3 is 0 Å². The zero-order valence-electron chi connectivity index (χ0n) is 33.2. The maximum atomic E-state index is 9.81. The highest BCUT2D eigenvalue weighted by atomic mass is 15.0. The Hall–Kier alpha value is -8.25. The number of hydrogen-bond donors (Lipinski definition) is 0. The van der Waals surface area contributed by atoms with Crippen LogP contribution >= 0.6 is 0 Å². The van der Waals surface area contributed by atoms with Gasteiger partial charge in [-0.2, -0.15) is 5.26 Å². The smallest absolute Gasteiger partial charge is 0.0991 e. The Balaban J connectivity index is 1.05. The third kappa shape index (κ3) is 5.56. The van der Waals surface area contributed by atoms with Gasteiger partial charge in [0.25, 0.3) is 0 Å². The summed E-state index contributed by atoms with van der Waals surface area (Å²) in [4.78, 5) is 0. The maximum absolute atomic E-state index is 9.81. The number of rotatable bonds is 5. The van der Waals surface area contributed by atoms with Crippen molar-refractivity contribution in [3.63, 3.8) is 0 Å². The van der Waals surface area contributed by atoms with Crippen molar-refractivity contribution < 1.29 is 0 Å². The van der Waals surface area contributed by atoms with E-state index in [4.69, 9.17) is 0 Å². The monoisotopic (exact) mass is 772 g/mol. The van der Waals surface area contributed by atoms with Crippen LogP contribution in [0.1, 0.15) is 5.56 Å². The van der Waals surface area contributed by atoms with Crippen molar-refractivity contribution in [2.24, 2.45) is 0 Å². The number of nitriles is 1. The van der Waals surface area contributed by atoms with Gasteiger partial charge in [0.15, 0.2) is 0 Å². The van der Waals surface area contributed by atoms with E-state index in [1.807, 2.05) is 18.2 Å². The fraction of sp³-hybridized carbons (Fsp3) is 0. The van der Waals surface area contributed by atoms with Crippen LogP contribution in [0.2, 0.25) is 0 Å². The summed E-state index contributed by atoms with van der Waals surface area (Å²) >= 11 is 0. The largest absolute Gasteiger partial charge is 0.309 e. The third-order valence-corrected chi connectivity index (χ3v) is 12.6. The zero-order valence-corrected chi connectivity index (χ0v) is 33.2. The number of fused-ring (bicyclic) bond motifs is 7. The molecule has 0 aliphatic rings. The first-order valence-electron chi connectivity index (χ1n) is 20.8. The van der Waals surface area contributed by atoms with Gasteiger partial charge in [-0.15, -0.1) is 0 Å². The molecule has 0 amide bonds. The molecule has 1 heterocycles. The predicted molar refractivity (Wildman–Crippen MR) is 257 cm³/mol. The van der Waals surface area contributed by atoms with E-state index < -0.39 is 0 Å². The minimum absolute atomic E-state index is 0.658. The van der Waals surface area contributed by atoms with E-state index in [0.29, 0.717) is 5.56 Å². The Morgan fingerprint density at radius 3 is 1.36 bits per heavy atom. The number of benzene rings is 11. The number of aromatic nitrogens is 1. The number of hydrogen-bond acceptors (Lipinski definition) is 1. The molecule has 2 nitrogen and oxygen atoms in total. The average Bonchev–Trinajstić information content (AvgIpc) is 3.66. The molecule has 0 fully saturated rings. The van der Waals surface area contributed by atoms with E-state index >= 15 is 0 Å². The van der Waals surface area contributed by atoms with Crippen molar-refractivity contribution in [1.82, 2.24) is 4.57 Å². The lowest BCUT2D eigenvalue weighted by atomic mass is 9.83. The summed E-state index contributed by atoms with van der Waals surface area (Å²) < 4.78 is 2.29. The highest BCUT2D eigenvalue weighted by Crippen LogP contribution is 2.47. The Bertz CT molecular complexity index is 3740. The molecule has 1 aromatic heterocycles. The average molecular weight is 773 g/mol. The lowest BCUT2D eigenvalue weighted by Gasteiger charge is -2.20. The molecule has 282 valence electrons. The molecular formula is C59H36N2. The second-order valence-electron chi connectivity index (χ2n) is 15.9. The predicted octanol–water partition coefficient (Wildman–Crippen LogP) is 15.9. The summed E-state index contributed by atoms with van der Waals surface area (Å²) in [6.07, 6.45) is 0. The van der Waals surface area contributed by atoms with Crippen LogP contribution in [0.4, 0.5) is 0 Å². The van der Waals surface area contributed by atoms with Crippen molar-refractivity contribution in [3.8, 4) is 56.3 Å². The minimum Gasteiger partial charge on any atom is -0.309 e. The molecule has 2 heteroatoms. The molecule has 0 bridgehead atoms. The van der Waals surface area contributed by atoms with Crippen molar-refractivity contribution >= 4 is 64.9 Å². The van der Waals surface area contributed by atoms with E-state index in [9.17, 15) is 5.26 Å². The fourth-order valence-corrected chi connectivity index (χ4v) is 9.81. The quantitative estimate of drug-likeness (QED) is 0.160. The molecule has 0 saturated carbocycles. The molecular weight excluding hydrogens is 737 g/mol. The van der Waals surface area contributed by atoms with E-state index in [0.717, 1.165) is 44.2 Å². The van der Waals surface area contributed by atoms with Crippen molar-refractivity contribution in [2.75, 3.05) is 0 Å². The Labute approximate surface area is 353 Å². The van der Waals surface area contributed by atoms with Gasteiger partial charge in [0.2, 0.25) is 0 Å². The van der Waals surface area contributed by atoms with E-state index in [1.165, 1.54) is 70.9 Å². The SMILES string of the molecule is N#Cc1ccc2c(c1)c1cc(-c3ccc(-c4ccc5c(-c6cccc7ccccc67)c6ccccc6c(-c6cccc7ccccc67)c5c4)cc3)ccc1n2-c1ccccc1. The first-order valence-corrected chi connectivity index (χ1v) is 20.8. The lowest BCUT2D eigenvalue weighted by Crippen LogP contribution is -1.93. The number of para-hydroxylation sites is 1. The molecule has 61 heavy (non-hydrogen) atoms. The first kappa shape index (κ1) is 34.8. The van der Waals surface area contributed by atoms with Crippen molar-refractivity contribution in [1.29, 1.82) is 5.26 Å². The third-order valence-electron chi connectivity index (χ3n) is 12.6. The van der Waals surface area contributed by atoms with Crippen LogP contribution < -0.4 is 0 Å². The molecule has 0 aliphatic heterocycles. The Kier molecular flexibility index (Phi) is 7.95. The van der Waals surface area contributed by atoms with Gasteiger partial charge in [-0.25, -0.2) is 0 Å². The second kappa shape index (κ2) is 13.9.